The molecule has 0 saturated heterocycles. The Morgan fingerprint density at radius 3 is 1.51 bits per heavy atom. The van der Waals surface area contributed by atoms with Gasteiger partial charge in [0.1, 0.15) is 43.2 Å². The predicted molar refractivity (Wildman–Crippen MR) is 212 cm³/mol. The van der Waals surface area contributed by atoms with Crippen LogP contribution in [0.5, 0.6) is 0 Å². The molecule has 14 heteroatoms. The second-order valence-electron chi connectivity index (χ2n) is 14.8. The number of carbonyl (C=O) groups excluding carboxylic acids is 2. The molecule has 0 bridgehead atoms. The lowest BCUT2D eigenvalue weighted by Gasteiger charge is -2.41. The van der Waals surface area contributed by atoms with Crippen molar-refractivity contribution in [3.8, 4) is 0 Å². The molecule has 1 fully saturated rings. The maximum absolute atomic E-state index is 12.8. The van der Waals surface area contributed by atoms with Gasteiger partial charge in [-0.25, -0.2) is 4.57 Å². The van der Waals surface area contributed by atoms with Gasteiger partial charge in [0, 0.05) is 12.8 Å². The highest BCUT2D eigenvalue weighted by molar-refractivity contribution is 7.47. The zero-order valence-electron chi connectivity index (χ0n) is 33.7. The van der Waals surface area contributed by atoms with Crippen molar-refractivity contribution >= 4 is 19.8 Å². The van der Waals surface area contributed by atoms with Gasteiger partial charge in [0.05, 0.1) is 6.61 Å². The highest BCUT2D eigenvalue weighted by Gasteiger charge is 2.51. The van der Waals surface area contributed by atoms with E-state index >= 15 is 0 Å². The molecule has 1 aliphatic carbocycles. The SMILES string of the molecule is CCCCC/C=C\C/C=C\CCCCCCCC(=O)O[C@H](COC(=O)CCCCCCCCCCCCC)COP(=O)(O)OC1C(O)C(O)C(O)[C@@H](O)C1O. The third kappa shape index (κ3) is 25.3. The second-order valence-corrected chi connectivity index (χ2v) is 16.3. The van der Waals surface area contributed by atoms with Crippen LogP contribution in [0.4, 0.5) is 0 Å². The fourth-order valence-corrected chi connectivity index (χ4v) is 7.29. The zero-order valence-corrected chi connectivity index (χ0v) is 34.6. The average molecular weight is 807 g/mol. The summed E-state index contributed by atoms with van der Waals surface area (Å²) in [6.07, 6.45) is 19.6. The molecule has 8 atom stereocenters. The first-order valence-corrected chi connectivity index (χ1v) is 22.6. The number of aliphatic hydroxyl groups excluding tert-OH is 5. The minimum atomic E-state index is -5.11. The van der Waals surface area contributed by atoms with Gasteiger partial charge in [-0.2, -0.15) is 0 Å². The molecular weight excluding hydrogens is 731 g/mol. The number of unbranched alkanes of at least 4 members (excludes halogenated alkanes) is 18. The maximum atomic E-state index is 12.8. The van der Waals surface area contributed by atoms with Crippen molar-refractivity contribution in [1.82, 2.24) is 0 Å². The van der Waals surface area contributed by atoms with Crippen LogP contribution < -0.4 is 0 Å². The van der Waals surface area contributed by atoms with Crippen LogP contribution in [0.2, 0.25) is 0 Å². The highest BCUT2D eigenvalue weighted by atomic mass is 31.2. The summed E-state index contributed by atoms with van der Waals surface area (Å²) in [5.41, 5.74) is 0. The topological polar surface area (TPSA) is 210 Å². The van der Waals surface area contributed by atoms with Gasteiger partial charge in [0.15, 0.2) is 6.10 Å². The third-order valence-corrected chi connectivity index (χ3v) is 10.8. The number of phosphoric ester groups is 1. The van der Waals surface area contributed by atoms with Crippen LogP contribution in [0.15, 0.2) is 24.3 Å². The molecule has 0 spiro atoms. The molecule has 1 rings (SSSR count). The molecule has 0 aromatic heterocycles. The van der Waals surface area contributed by atoms with Crippen molar-refractivity contribution in [2.45, 2.75) is 211 Å². The smallest absolute Gasteiger partial charge is 0.462 e. The van der Waals surface area contributed by atoms with Crippen molar-refractivity contribution in [3.05, 3.63) is 24.3 Å². The number of carbonyl (C=O) groups is 2. The molecule has 6 N–H and O–H groups in total. The highest BCUT2D eigenvalue weighted by Crippen LogP contribution is 2.47. The summed E-state index contributed by atoms with van der Waals surface area (Å²) in [5.74, 6) is -1.11. The van der Waals surface area contributed by atoms with Crippen molar-refractivity contribution in [3.63, 3.8) is 0 Å². The quantitative estimate of drug-likeness (QED) is 0.0164. The van der Waals surface area contributed by atoms with Crippen LogP contribution in [0.3, 0.4) is 0 Å². The molecule has 322 valence electrons. The molecule has 0 aromatic carbocycles. The van der Waals surface area contributed by atoms with E-state index in [-0.39, 0.29) is 12.8 Å². The molecule has 0 heterocycles. The van der Waals surface area contributed by atoms with Crippen LogP contribution in [-0.2, 0) is 32.7 Å². The molecule has 13 nitrogen and oxygen atoms in total. The van der Waals surface area contributed by atoms with Gasteiger partial charge < -0.3 is 39.9 Å². The van der Waals surface area contributed by atoms with Crippen LogP contribution >= 0.6 is 7.82 Å². The van der Waals surface area contributed by atoms with E-state index in [1.165, 1.54) is 64.2 Å². The van der Waals surface area contributed by atoms with Gasteiger partial charge in [-0.3, -0.25) is 18.6 Å². The molecule has 1 saturated carbocycles. The molecular formula is C41H75O13P. The third-order valence-electron chi connectivity index (χ3n) is 9.80. The molecule has 0 aliphatic heterocycles. The predicted octanol–water partition coefficient (Wildman–Crippen LogP) is 7.28. The number of phosphoric acid groups is 1. The fourth-order valence-electron chi connectivity index (χ4n) is 6.32. The largest absolute Gasteiger partial charge is 0.472 e. The van der Waals surface area contributed by atoms with E-state index in [2.05, 4.69) is 38.2 Å². The summed E-state index contributed by atoms with van der Waals surface area (Å²) in [6.45, 7) is 3.23. The lowest BCUT2D eigenvalue weighted by atomic mass is 9.85. The van der Waals surface area contributed by atoms with E-state index in [1.54, 1.807) is 0 Å². The first kappa shape index (κ1) is 51.3. The summed E-state index contributed by atoms with van der Waals surface area (Å²) in [5, 5.41) is 50.0. The fraction of sp³-hybridized carbons (Fsp3) is 0.854. The van der Waals surface area contributed by atoms with Gasteiger partial charge in [-0.1, -0.05) is 134 Å². The summed E-state index contributed by atoms with van der Waals surface area (Å²) < 4.78 is 33.4. The van der Waals surface area contributed by atoms with Crippen LogP contribution in [0, 0.1) is 0 Å². The Kier molecular flexibility index (Phi) is 30.2. The Balaban J connectivity index is 2.52. The van der Waals surface area contributed by atoms with E-state index in [0.29, 0.717) is 12.8 Å². The summed E-state index contributed by atoms with van der Waals surface area (Å²) >= 11 is 0. The van der Waals surface area contributed by atoms with Crippen LogP contribution in [0.1, 0.15) is 168 Å². The number of aliphatic hydroxyl groups is 5. The molecule has 1 aliphatic rings. The van der Waals surface area contributed by atoms with E-state index in [0.717, 1.165) is 64.2 Å². The monoisotopic (exact) mass is 806 g/mol. The van der Waals surface area contributed by atoms with Crippen molar-refractivity contribution in [2.75, 3.05) is 13.2 Å². The molecule has 0 radical (unpaired) electrons. The number of allylic oxidation sites excluding steroid dienone is 4. The van der Waals surface area contributed by atoms with Gasteiger partial charge in [0.2, 0.25) is 0 Å². The summed E-state index contributed by atoms with van der Waals surface area (Å²) in [4.78, 5) is 35.5. The van der Waals surface area contributed by atoms with Crippen molar-refractivity contribution < 1.29 is 63.1 Å². The normalized spacial score (nSPS) is 23.3. The maximum Gasteiger partial charge on any atom is 0.472 e. The minimum absolute atomic E-state index is 0.0829. The Morgan fingerprint density at radius 2 is 0.982 bits per heavy atom. The lowest BCUT2D eigenvalue weighted by Crippen LogP contribution is -2.64. The van der Waals surface area contributed by atoms with Crippen molar-refractivity contribution in [1.29, 1.82) is 0 Å². The molecule has 0 aromatic rings. The number of hydrogen-bond acceptors (Lipinski definition) is 12. The number of esters is 2. The van der Waals surface area contributed by atoms with Gasteiger partial charge in [0.25, 0.3) is 0 Å². The average Bonchev–Trinajstić information content (AvgIpc) is 3.16. The summed E-state index contributed by atoms with van der Waals surface area (Å²) in [6, 6.07) is 0. The zero-order chi connectivity index (χ0) is 40.7. The lowest BCUT2D eigenvalue weighted by molar-refractivity contribution is -0.220. The Bertz CT molecular complexity index is 1070. The minimum Gasteiger partial charge on any atom is -0.462 e. The first-order chi connectivity index (χ1) is 26.4. The Hall–Kier alpha value is -1.67. The Labute approximate surface area is 330 Å². The van der Waals surface area contributed by atoms with Gasteiger partial charge in [-0.05, 0) is 44.9 Å². The van der Waals surface area contributed by atoms with Gasteiger partial charge in [-0.15, -0.1) is 0 Å². The van der Waals surface area contributed by atoms with Crippen LogP contribution in [-0.4, -0.2) is 98.3 Å². The Morgan fingerprint density at radius 1 is 0.564 bits per heavy atom. The second kappa shape index (κ2) is 32.3. The number of ether oxygens (including phenoxy) is 2. The molecule has 6 unspecified atom stereocenters. The van der Waals surface area contributed by atoms with Crippen molar-refractivity contribution in [2.24, 2.45) is 0 Å². The first-order valence-electron chi connectivity index (χ1n) is 21.1. The van der Waals surface area contributed by atoms with Gasteiger partial charge >= 0.3 is 19.8 Å². The van der Waals surface area contributed by atoms with E-state index in [9.17, 15) is 44.6 Å². The van der Waals surface area contributed by atoms with Crippen LogP contribution in [0.25, 0.3) is 0 Å². The number of hydrogen-bond donors (Lipinski definition) is 6. The van der Waals surface area contributed by atoms with E-state index in [4.69, 9.17) is 18.5 Å². The standard InChI is InChI=1S/C41H75O13P/c1-3-5-7-9-11-13-15-16-17-18-20-22-24-26-28-30-35(43)53-33(31-51-34(42)29-27-25-23-21-19-14-12-10-8-6-4-2)32-52-55(49,50)54-41-39(47)37(45)36(44)38(46)40(41)48/h11,13,16-17,33,36-41,44-48H,3-10,12,14-15,18-32H2,1-2H3,(H,49,50)/b13-11-,17-16-/t33-,36?,37-,38?,39?,40?,41?/m1/s1. The summed E-state index contributed by atoms with van der Waals surface area (Å²) in [7, 11) is -5.11. The molecule has 0 amide bonds. The van der Waals surface area contributed by atoms with E-state index < -0.39 is 75.7 Å². The molecule has 55 heavy (non-hydrogen) atoms. The number of rotatable bonds is 34. The van der Waals surface area contributed by atoms with E-state index in [1.807, 2.05) is 0 Å².